The molecule has 0 unspecified atom stereocenters. The first kappa shape index (κ1) is 17.2. The van der Waals surface area contributed by atoms with Crippen LogP contribution in [0.5, 0.6) is 5.75 Å². The van der Waals surface area contributed by atoms with Crippen LogP contribution in [0.15, 0.2) is 59.7 Å². The molecule has 4 N–H and O–H groups in total. The molecule has 8 nitrogen and oxygen atoms in total. The molecule has 1 aromatic heterocycles. The predicted molar refractivity (Wildman–Crippen MR) is 94.7 cm³/mol. The van der Waals surface area contributed by atoms with Crippen molar-refractivity contribution < 1.29 is 9.53 Å². The molecule has 3 aromatic rings. The van der Waals surface area contributed by atoms with E-state index >= 15 is 0 Å². The zero-order chi connectivity index (χ0) is 18.5. The second kappa shape index (κ2) is 7.47. The van der Waals surface area contributed by atoms with Gasteiger partial charge in [0.05, 0.1) is 5.56 Å². The van der Waals surface area contributed by atoms with Crippen molar-refractivity contribution in [3.8, 4) is 5.75 Å². The van der Waals surface area contributed by atoms with Crippen LogP contribution in [0, 0.1) is 6.42 Å². The van der Waals surface area contributed by atoms with Crippen molar-refractivity contribution in [3.63, 3.8) is 0 Å². The summed E-state index contributed by atoms with van der Waals surface area (Å²) in [5, 5.41) is 7.37. The van der Waals surface area contributed by atoms with Gasteiger partial charge in [0.25, 0.3) is 11.5 Å². The molecule has 0 aliphatic heterocycles. The topological polar surface area (TPSA) is 126 Å². The molecule has 1 radical (unpaired) electrons. The number of hydrogen-bond acceptors (Lipinski definition) is 6. The molecular formula is C18H16N5O3. The molecule has 0 spiro atoms. The SMILES string of the molecule is NC(=O)c1c([CH]c2nncn(N)c2=O)cccc1OCc1ccccc1. The first-order valence-electron chi connectivity index (χ1n) is 7.70. The minimum atomic E-state index is -0.683. The van der Waals surface area contributed by atoms with Gasteiger partial charge in [-0.3, -0.25) is 9.59 Å². The molecule has 0 aliphatic carbocycles. The molecule has 0 saturated carbocycles. The molecule has 0 saturated heterocycles. The predicted octanol–water partition coefficient (Wildman–Crippen LogP) is 0.631. The van der Waals surface area contributed by atoms with E-state index in [2.05, 4.69) is 10.2 Å². The minimum Gasteiger partial charge on any atom is -0.488 e. The molecule has 8 heteroatoms. The van der Waals surface area contributed by atoms with Crippen LogP contribution in [-0.2, 0) is 6.61 Å². The lowest BCUT2D eigenvalue weighted by Gasteiger charge is -2.13. The van der Waals surface area contributed by atoms with E-state index in [-0.39, 0.29) is 17.9 Å². The van der Waals surface area contributed by atoms with Crippen LogP contribution in [0.3, 0.4) is 0 Å². The van der Waals surface area contributed by atoms with E-state index in [0.717, 1.165) is 16.6 Å². The Morgan fingerprint density at radius 3 is 2.65 bits per heavy atom. The Morgan fingerprint density at radius 1 is 1.15 bits per heavy atom. The van der Waals surface area contributed by atoms with Gasteiger partial charge in [0.15, 0.2) is 0 Å². The van der Waals surface area contributed by atoms with Gasteiger partial charge < -0.3 is 16.3 Å². The summed E-state index contributed by atoms with van der Waals surface area (Å²) in [6, 6.07) is 14.5. The zero-order valence-corrected chi connectivity index (χ0v) is 13.7. The number of benzene rings is 2. The Morgan fingerprint density at radius 2 is 1.92 bits per heavy atom. The van der Waals surface area contributed by atoms with Gasteiger partial charge in [0.2, 0.25) is 0 Å². The fraction of sp³-hybridized carbons (Fsp3) is 0.0556. The fourth-order valence-corrected chi connectivity index (χ4v) is 2.40. The van der Waals surface area contributed by atoms with Gasteiger partial charge in [-0.05, 0) is 17.2 Å². The Kier molecular flexibility index (Phi) is 4.93. The second-order valence-electron chi connectivity index (χ2n) is 5.43. The quantitative estimate of drug-likeness (QED) is 0.628. The number of nitrogen functional groups attached to an aromatic ring is 1. The van der Waals surface area contributed by atoms with E-state index < -0.39 is 11.5 Å². The number of carbonyl (C=O) groups is 1. The maximum atomic E-state index is 12.0. The van der Waals surface area contributed by atoms with Gasteiger partial charge in [-0.15, -0.1) is 10.2 Å². The van der Waals surface area contributed by atoms with Crippen molar-refractivity contribution in [2.24, 2.45) is 5.73 Å². The number of nitrogens with two attached hydrogens (primary N) is 2. The first-order chi connectivity index (χ1) is 12.6. The lowest BCUT2D eigenvalue weighted by molar-refractivity contribution is 0.0995. The Hall–Kier alpha value is -3.68. The first-order valence-corrected chi connectivity index (χ1v) is 7.70. The van der Waals surface area contributed by atoms with E-state index in [4.69, 9.17) is 16.3 Å². The number of ether oxygens (including phenoxy) is 1. The number of amides is 1. The normalized spacial score (nSPS) is 10.5. The molecule has 0 bridgehead atoms. The lowest BCUT2D eigenvalue weighted by Crippen LogP contribution is -2.31. The van der Waals surface area contributed by atoms with Crippen molar-refractivity contribution in [2.45, 2.75) is 6.61 Å². The van der Waals surface area contributed by atoms with Crippen LogP contribution in [0.4, 0.5) is 0 Å². The summed E-state index contributed by atoms with van der Waals surface area (Å²) in [7, 11) is 0. The van der Waals surface area contributed by atoms with Gasteiger partial charge in [-0.25, -0.2) is 4.68 Å². The smallest absolute Gasteiger partial charge is 0.294 e. The largest absolute Gasteiger partial charge is 0.488 e. The summed E-state index contributed by atoms with van der Waals surface area (Å²) < 4.78 is 6.56. The highest BCUT2D eigenvalue weighted by molar-refractivity contribution is 5.97. The van der Waals surface area contributed by atoms with Crippen molar-refractivity contribution >= 4 is 5.91 Å². The summed E-state index contributed by atoms with van der Waals surface area (Å²) in [4.78, 5) is 24.0. The van der Waals surface area contributed by atoms with Crippen LogP contribution < -0.4 is 21.9 Å². The van der Waals surface area contributed by atoms with E-state index in [1.54, 1.807) is 18.2 Å². The summed E-state index contributed by atoms with van der Waals surface area (Å²) in [5.74, 6) is 5.11. The molecule has 2 aromatic carbocycles. The van der Waals surface area contributed by atoms with Crippen molar-refractivity contribution in [3.05, 3.63) is 94.0 Å². The standard InChI is InChI=1S/C18H16N5O3/c19-17(24)16-13(9-14-18(25)23(20)11-21-22-14)7-4-8-15(16)26-10-12-5-2-1-3-6-12/h1-9,11H,10,20H2,(H2,19,24). The number of carbonyl (C=O) groups excluding carboxylic acids is 1. The molecule has 0 fully saturated rings. The van der Waals surface area contributed by atoms with Crippen LogP contribution in [-0.4, -0.2) is 20.8 Å². The minimum absolute atomic E-state index is 0.0160. The number of nitrogens with zero attached hydrogens (tertiary/aromatic N) is 3. The molecule has 0 atom stereocenters. The zero-order valence-electron chi connectivity index (χ0n) is 13.7. The molecular weight excluding hydrogens is 334 g/mol. The number of rotatable bonds is 6. The van der Waals surface area contributed by atoms with Gasteiger partial charge in [0.1, 0.15) is 24.4 Å². The fourth-order valence-electron chi connectivity index (χ4n) is 2.40. The summed E-state index contributed by atoms with van der Waals surface area (Å²) in [6.45, 7) is 0.269. The molecule has 0 aliphatic rings. The van der Waals surface area contributed by atoms with E-state index in [9.17, 15) is 9.59 Å². The molecule has 26 heavy (non-hydrogen) atoms. The molecule has 131 valence electrons. The molecule has 3 rings (SSSR count). The van der Waals surface area contributed by atoms with Crippen LogP contribution >= 0.6 is 0 Å². The van der Waals surface area contributed by atoms with Crippen molar-refractivity contribution in [1.82, 2.24) is 14.9 Å². The van der Waals surface area contributed by atoms with Gasteiger partial charge in [-0.2, -0.15) is 0 Å². The van der Waals surface area contributed by atoms with Crippen LogP contribution in [0.2, 0.25) is 0 Å². The Labute approximate surface area is 149 Å². The van der Waals surface area contributed by atoms with Crippen LogP contribution in [0.25, 0.3) is 0 Å². The highest BCUT2D eigenvalue weighted by Crippen LogP contribution is 2.25. The highest BCUT2D eigenvalue weighted by Gasteiger charge is 2.18. The van der Waals surface area contributed by atoms with Gasteiger partial charge >= 0.3 is 0 Å². The Bertz CT molecular complexity index is 986. The number of hydrogen-bond donors (Lipinski definition) is 2. The van der Waals surface area contributed by atoms with E-state index in [1.165, 1.54) is 6.42 Å². The third kappa shape index (κ3) is 3.69. The highest BCUT2D eigenvalue weighted by atomic mass is 16.5. The number of primary amides is 1. The summed E-state index contributed by atoms with van der Waals surface area (Å²) in [6.07, 6.45) is 2.49. The average molecular weight is 350 g/mol. The van der Waals surface area contributed by atoms with Crippen molar-refractivity contribution in [2.75, 3.05) is 5.84 Å². The Balaban J connectivity index is 1.92. The van der Waals surface area contributed by atoms with E-state index in [0.29, 0.717) is 11.3 Å². The van der Waals surface area contributed by atoms with Gasteiger partial charge in [-0.1, -0.05) is 42.5 Å². The van der Waals surface area contributed by atoms with E-state index in [1.807, 2.05) is 30.3 Å². The average Bonchev–Trinajstić information content (AvgIpc) is 2.64. The monoisotopic (exact) mass is 350 g/mol. The molecule has 1 amide bonds. The van der Waals surface area contributed by atoms with Crippen molar-refractivity contribution in [1.29, 1.82) is 0 Å². The van der Waals surface area contributed by atoms with Gasteiger partial charge in [0, 0.05) is 6.42 Å². The lowest BCUT2D eigenvalue weighted by atomic mass is 10.0. The maximum absolute atomic E-state index is 12.0. The maximum Gasteiger partial charge on any atom is 0.294 e. The third-order valence-corrected chi connectivity index (χ3v) is 3.63. The third-order valence-electron chi connectivity index (χ3n) is 3.63. The summed E-state index contributed by atoms with van der Waals surface area (Å²) >= 11 is 0. The second-order valence-corrected chi connectivity index (χ2v) is 5.43. The summed E-state index contributed by atoms with van der Waals surface area (Å²) in [5.41, 5.74) is 6.44. The number of aromatic nitrogens is 3. The molecule has 1 heterocycles. The van der Waals surface area contributed by atoms with Crippen LogP contribution in [0.1, 0.15) is 27.2 Å².